The van der Waals surface area contributed by atoms with Crippen LogP contribution in [-0.4, -0.2) is 33.5 Å². The molecule has 0 fully saturated rings. The topological polar surface area (TPSA) is 121 Å². The van der Waals surface area contributed by atoms with Crippen LogP contribution in [0.3, 0.4) is 0 Å². The van der Waals surface area contributed by atoms with Crippen LogP contribution >= 0.6 is 11.3 Å². The van der Waals surface area contributed by atoms with Gasteiger partial charge in [0.1, 0.15) is 9.88 Å². The highest BCUT2D eigenvalue weighted by Crippen LogP contribution is 2.35. The van der Waals surface area contributed by atoms with E-state index in [4.69, 9.17) is 14.6 Å². The molecular formula is C20H21N3O5S2. The number of hydrogen-bond acceptors (Lipinski definition) is 7. The van der Waals surface area contributed by atoms with Crippen LogP contribution in [0.25, 0.3) is 10.6 Å². The summed E-state index contributed by atoms with van der Waals surface area (Å²) in [6, 6.07) is 9.94. The molecule has 3 rings (SSSR count). The van der Waals surface area contributed by atoms with Crippen LogP contribution < -0.4 is 19.9 Å². The third-order valence-electron chi connectivity index (χ3n) is 4.39. The number of anilines is 1. The molecule has 0 saturated heterocycles. The maximum Gasteiger partial charge on any atom is 0.267 e. The molecule has 0 bridgehead atoms. The zero-order chi connectivity index (χ0) is 22.1. The third kappa shape index (κ3) is 4.45. The number of amides is 1. The number of rotatable bonds is 6. The van der Waals surface area contributed by atoms with Crippen molar-refractivity contribution in [2.24, 2.45) is 5.14 Å². The average Bonchev–Trinajstić information content (AvgIpc) is 3.09. The van der Waals surface area contributed by atoms with Gasteiger partial charge in [0, 0.05) is 11.3 Å². The van der Waals surface area contributed by atoms with Gasteiger partial charge in [-0.05, 0) is 49.7 Å². The summed E-state index contributed by atoms with van der Waals surface area (Å²) in [5.74, 6) is 0.766. The standard InChI is InChI=1S/C20H21N3O5S2/c1-11-5-7-14(10-17(11)30(21,25)26)23-19(24)18-12(2)22-20(29-18)13-6-8-15(27-3)16(9-13)28-4/h5-10H,1-4H3,(H,23,24)(H2,21,25,26). The van der Waals surface area contributed by atoms with E-state index in [0.29, 0.717) is 38.3 Å². The van der Waals surface area contributed by atoms with Gasteiger partial charge in [-0.25, -0.2) is 18.5 Å². The molecule has 158 valence electrons. The van der Waals surface area contributed by atoms with Crippen molar-refractivity contribution in [3.05, 3.63) is 52.5 Å². The van der Waals surface area contributed by atoms with E-state index < -0.39 is 10.0 Å². The first-order valence-electron chi connectivity index (χ1n) is 8.78. The average molecular weight is 448 g/mol. The van der Waals surface area contributed by atoms with Gasteiger partial charge in [-0.3, -0.25) is 4.79 Å². The molecule has 0 unspecified atom stereocenters. The maximum absolute atomic E-state index is 12.8. The van der Waals surface area contributed by atoms with Gasteiger partial charge in [-0.1, -0.05) is 6.07 Å². The Hall–Kier alpha value is -2.95. The highest BCUT2D eigenvalue weighted by atomic mass is 32.2. The molecule has 0 aliphatic heterocycles. The smallest absolute Gasteiger partial charge is 0.267 e. The van der Waals surface area contributed by atoms with E-state index in [1.54, 1.807) is 52.3 Å². The number of nitrogens with two attached hydrogens (primary N) is 1. The fourth-order valence-corrected chi connectivity index (χ4v) is 4.64. The quantitative estimate of drug-likeness (QED) is 0.598. The monoisotopic (exact) mass is 447 g/mol. The van der Waals surface area contributed by atoms with Crippen LogP contribution in [0.5, 0.6) is 11.5 Å². The summed E-state index contributed by atoms with van der Waals surface area (Å²) in [4.78, 5) is 17.7. The molecule has 0 aliphatic carbocycles. The van der Waals surface area contributed by atoms with Crippen molar-refractivity contribution in [1.82, 2.24) is 4.98 Å². The highest BCUT2D eigenvalue weighted by Gasteiger charge is 2.19. The number of aryl methyl sites for hydroxylation is 2. The number of hydrogen-bond donors (Lipinski definition) is 2. The fraction of sp³-hybridized carbons (Fsp3) is 0.200. The Balaban J connectivity index is 1.90. The van der Waals surface area contributed by atoms with Gasteiger partial charge in [-0.2, -0.15) is 0 Å². The molecule has 1 aromatic heterocycles. The Bertz CT molecular complexity index is 1220. The second-order valence-electron chi connectivity index (χ2n) is 6.48. The third-order valence-corrected chi connectivity index (χ3v) is 6.64. The lowest BCUT2D eigenvalue weighted by molar-refractivity contribution is 0.102. The van der Waals surface area contributed by atoms with Crippen LogP contribution in [0.2, 0.25) is 0 Å². The molecule has 30 heavy (non-hydrogen) atoms. The number of nitrogens with one attached hydrogen (secondary N) is 1. The number of thiazole rings is 1. The maximum atomic E-state index is 12.8. The zero-order valence-corrected chi connectivity index (χ0v) is 18.5. The van der Waals surface area contributed by atoms with Crippen LogP contribution in [0.4, 0.5) is 5.69 Å². The van der Waals surface area contributed by atoms with Crippen molar-refractivity contribution < 1.29 is 22.7 Å². The molecule has 3 N–H and O–H groups in total. The molecule has 0 atom stereocenters. The summed E-state index contributed by atoms with van der Waals surface area (Å²) >= 11 is 1.22. The van der Waals surface area contributed by atoms with Crippen LogP contribution in [0, 0.1) is 13.8 Å². The van der Waals surface area contributed by atoms with Gasteiger partial charge in [-0.15, -0.1) is 11.3 Å². The number of aromatic nitrogens is 1. The van der Waals surface area contributed by atoms with Crippen molar-refractivity contribution in [3.63, 3.8) is 0 Å². The van der Waals surface area contributed by atoms with Crippen molar-refractivity contribution in [2.75, 3.05) is 19.5 Å². The van der Waals surface area contributed by atoms with Gasteiger partial charge in [0.15, 0.2) is 11.5 Å². The first kappa shape index (κ1) is 21.8. The lowest BCUT2D eigenvalue weighted by atomic mass is 10.2. The summed E-state index contributed by atoms with van der Waals surface area (Å²) < 4.78 is 34.0. The van der Waals surface area contributed by atoms with Crippen molar-refractivity contribution in [2.45, 2.75) is 18.7 Å². The Morgan fingerprint density at radius 2 is 1.77 bits per heavy atom. The predicted octanol–water partition coefficient (Wildman–Crippen LogP) is 3.34. The van der Waals surface area contributed by atoms with Gasteiger partial charge >= 0.3 is 0 Å². The van der Waals surface area contributed by atoms with Gasteiger partial charge < -0.3 is 14.8 Å². The molecule has 8 nitrogen and oxygen atoms in total. The Kier molecular flexibility index (Phi) is 6.11. The summed E-state index contributed by atoms with van der Waals surface area (Å²) in [6.07, 6.45) is 0. The van der Waals surface area contributed by atoms with Crippen molar-refractivity contribution in [1.29, 1.82) is 0 Å². The number of carbonyl (C=O) groups excluding carboxylic acids is 1. The van der Waals surface area contributed by atoms with Crippen LogP contribution in [0.15, 0.2) is 41.3 Å². The minimum absolute atomic E-state index is 0.0349. The SMILES string of the molecule is COc1ccc(-c2nc(C)c(C(=O)Nc3ccc(C)c(S(N)(=O)=O)c3)s2)cc1OC. The van der Waals surface area contributed by atoms with E-state index in [1.807, 2.05) is 6.07 Å². The van der Waals surface area contributed by atoms with E-state index in [0.717, 1.165) is 5.56 Å². The Morgan fingerprint density at radius 1 is 1.07 bits per heavy atom. The number of nitrogens with zero attached hydrogens (tertiary/aromatic N) is 1. The Labute approximate surface area is 178 Å². The number of primary sulfonamides is 1. The fourth-order valence-electron chi connectivity index (χ4n) is 2.87. The molecule has 0 spiro atoms. The number of methoxy groups -OCH3 is 2. The molecule has 2 aromatic carbocycles. The van der Waals surface area contributed by atoms with Crippen LogP contribution in [-0.2, 0) is 10.0 Å². The number of sulfonamides is 1. The molecule has 10 heteroatoms. The van der Waals surface area contributed by atoms with Crippen LogP contribution in [0.1, 0.15) is 20.9 Å². The lowest BCUT2D eigenvalue weighted by Gasteiger charge is -2.08. The minimum Gasteiger partial charge on any atom is -0.493 e. The van der Waals surface area contributed by atoms with E-state index in [1.165, 1.54) is 17.4 Å². The molecule has 1 amide bonds. The molecule has 0 aliphatic rings. The molecule has 3 aromatic rings. The zero-order valence-electron chi connectivity index (χ0n) is 16.8. The molecule has 0 saturated carbocycles. The lowest BCUT2D eigenvalue weighted by Crippen LogP contribution is -2.16. The molecule has 0 radical (unpaired) electrons. The molecular weight excluding hydrogens is 426 g/mol. The van der Waals surface area contributed by atoms with Crippen molar-refractivity contribution in [3.8, 4) is 22.1 Å². The van der Waals surface area contributed by atoms with E-state index >= 15 is 0 Å². The second-order valence-corrected chi connectivity index (χ2v) is 9.01. The van der Waals surface area contributed by atoms with E-state index in [-0.39, 0.29) is 10.8 Å². The summed E-state index contributed by atoms with van der Waals surface area (Å²) in [6.45, 7) is 3.37. The van der Waals surface area contributed by atoms with E-state index in [9.17, 15) is 13.2 Å². The van der Waals surface area contributed by atoms with Crippen molar-refractivity contribution >= 4 is 33.0 Å². The first-order chi connectivity index (χ1) is 14.1. The Morgan fingerprint density at radius 3 is 2.40 bits per heavy atom. The highest BCUT2D eigenvalue weighted by molar-refractivity contribution is 7.89. The second kappa shape index (κ2) is 8.42. The predicted molar refractivity (Wildman–Crippen MR) is 116 cm³/mol. The van der Waals surface area contributed by atoms with E-state index in [2.05, 4.69) is 10.3 Å². The normalized spacial score (nSPS) is 11.2. The first-order valence-corrected chi connectivity index (χ1v) is 11.1. The minimum atomic E-state index is -3.89. The number of benzene rings is 2. The molecule has 1 heterocycles. The summed E-state index contributed by atoms with van der Waals surface area (Å²) in [5.41, 5.74) is 2.17. The van der Waals surface area contributed by atoms with Gasteiger partial charge in [0.25, 0.3) is 5.91 Å². The number of carbonyl (C=O) groups is 1. The largest absolute Gasteiger partial charge is 0.493 e. The summed E-state index contributed by atoms with van der Waals surface area (Å²) in [7, 11) is -0.790. The van der Waals surface area contributed by atoms with Gasteiger partial charge in [0.05, 0.1) is 24.8 Å². The summed E-state index contributed by atoms with van der Waals surface area (Å²) in [5, 5.41) is 8.59. The number of ether oxygens (including phenoxy) is 2. The van der Waals surface area contributed by atoms with Gasteiger partial charge in [0.2, 0.25) is 10.0 Å².